The molecule has 2 heterocycles. The third-order valence-electron chi connectivity index (χ3n) is 6.60. The van der Waals surface area contributed by atoms with Crippen LogP contribution >= 0.6 is 0 Å². The molecule has 158 valence electrons. The molecule has 0 spiro atoms. The van der Waals surface area contributed by atoms with Gasteiger partial charge in [-0.1, -0.05) is 37.3 Å². The zero-order chi connectivity index (χ0) is 21.1. The van der Waals surface area contributed by atoms with Gasteiger partial charge in [-0.15, -0.1) is 0 Å². The summed E-state index contributed by atoms with van der Waals surface area (Å²) >= 11 is 0. The molecule has 1 aromatic heterocycles. The number of hydrogen-bond acceptors (Lipinski definition) is 3. The van der Waals surface area contributed by atoms with E-state index in [1.807, 2.05) is 6.92 Å². The highest BCUT2D eigenvalue weighted by Crippen LogP contribution is 2.25. The fraction of sp³-hybridized carbons (Fsp3) is 0.423. The number of rotatable bonds is 7. The lowest BCUT2D eigenvalue weighted by molar-refractivity contribution is -0.119. The number of benzene rings is 2. The summed E-state index contributed by atoms with van der Waals surface area (Å²) in [5.41, 5.74) is 6.69. The monoisotopic (exact) mass is 403 g/mol. The molecule has 4 rings (SSSR count). The first kappa shape index (κ1) is 20.7. The van der Waals surface area contributed by atoms with Gasteiger partial charge in [-0.05, 0) is 49.1 Å². The van der Waals surface area contributed by atoms with Gasteiger partial charge >= 0.3 is 0 Å². The first-order chi connectivity index (χ1) is 14.6. The van der Waals surface area contributed by atoms with Crippen molar-refractivity contribution >= 4 is 22.4 Å². The van der Waals surface area contributed by atoms with Crippen LogP contribution in [0.25, 0.3) is 10.9 Å². The van der Waals surface area contributed by atoms with Crippen molar-refractivity contribution in [2.24, 2.45) is 0 Å². The number of para-hydroxylation sites is 1. The second-order valence-corrected chi connectivity index (χ2v) is 8.49. The Morgan fingerprint density at radius 2 is 1.73 bits per heavy atom. The lowest BCUT2D eigenvalue weighted by Gasteiger charge is -2.37. The molecule has 0 bridgehead atoms. The van der Waals surface area contributed by atoms with E-state index in [4.69, 9.17) is 0 Å². The summed E-state index contributed by atoms with van der Waals surface area (Å²) in [6.45, 7) is 12.3. The van der Waals surface area contributed by atoms with Crippen LogP contribution in [0, 0.1) is 13.8 Å². The molecule has 0 amide bonds. The van der Waals surface area contributed by atoms with Crippen molar-refractivity contribution in [3.8, 4) is 0 Å². The fourth-order valence-corrected chi connectivity index (χ4v) is 4.52. The molecule has 1 saturated heterocycles. The number of hydrogen-bond donors (Lipinski definition) is 0. The van der Waals surface area contributed by atoms with Gasteiger partial charge in [0.05, 0.1) is 6.54 Å². The predicted octanol–water partition coefficient (Wildman–Crippen LogP) is 4.60. The number of aryl methyl sites for hydroxylation is 1. The van der Waals surface area contributed by atoms with Gasteiger partial charge < -0.3 is 9.47 Å². The molecule has 0 unspecified atom stereocenters. The Bertz CT molecular complexity index is 1030. The van der Waals surface area contributed by atoms with E-state index in [9.17, 15) is 4.79 Å². The van der Waals surface area contributed by atoms with Crippen molar-refractivity contribution in [1.82, 2.24) is 9.47 Å². The predicted molar refractivity (Wildman–Crippen MR) is 126 cm³/mol. The van der Waals surface area contributed by atoms with Gasteiger partial charge in [0, 0.05) is 61.9 Å². The number of anilines is 1. The van der Waals surface area contributed by atoms with Crippen molar-refractivity contribution in [2.45, 2.75) is 40.2 Å². The van der Waals surface area contributed by atoms with Gasteiger partial charge in [-0.2, -0.15) is 0 Å². The molecule has 0 aliphatic carbocycles. The largest absolute Gasteiger partial charge is 0.369 e. The smallest absolute Gasteiger partial charge is 0.152 e. The summed E-state index contributed by atoms with van der Waals surface area (Å²) in [7, 11) is 0. The Labute approximate surface area is 180 Å². The number of aromatic nitrogens is 1. The Hall–Kier alpha value is -2.59. The van der Waals surface area contributed by atoms with E-state index in [1.165, 1.54) is 33.3 Å². The Morgan fingerprint density at radius 1 is 0.967 bits per heavy atom. The van der Waals surface area contributed by atoms with Crippen molar-refractivity contribution in [3.05, 3.63) is 65.4 Å². The van der Waals surface area contributed by atoms with E-state index in [2.05, 4.69) is 76.9 Å². The Balaban J connectivity index is 1.39. The molecule has 2 aromatic carbocycles. The summed E-state index contributed by atoms with van der Waals surface area (Å²) in [6, 6.07) is 15.1. The lowest BCUT2D eigenvalue weighted by atomic mass is 10.1. The zero-order valence-corrected chi connectivity index (χ0v) is 18.5. The molecule has 1 aliphatic rings. The molecule has 0 radical (unpaired) electrons. The van der Waals surface area contributed by atoms with Crippen LogP contribution < -0.4 is 4.90 Å². The third kappa shape index (κ3) is 4.29. The average Bonchev–Trinajstić information content (AvgIpc) is 3.12. The van der Waals surface area contributed by atoms with Crippen LogP contribution in [0.5, 0.6) is 0 Å². The summed E-state index contributed by atoms with van der Waals surface area (Å²) < 4.78 is 2.13. The first-order valence-electron chi connectivity index (χ1n) is 11.2. The quantitative estimate of drug-likeness (QED) is 0.577. The lowest BCUT2D eigenvalue weighted by Crippen LogP contribution is -2.47. The van der Waals surface area contributed by atoms with Crippen LogP contribution in [0.2, 0.25) is 0 Å². The maximum absolute atomic E-state index is 12.0. The van der Waals surface area contributed by atoms with Gasteiger partial charge in [-0.3, -0.25) is 9.69 Å². The van der Waals surface area contributed by atoms with E-state index in [1.54, 1.807) is 0 Å². The van der Waals surface area contributed by atoms with E-state index in [0.717, 1.165) is 39.1 Å². The van der Waals surface area contributed by atoms with Crippen molar-refractivity contribution in [3.63, 3.8) is 0 Å². The number of ketones is 1. The highest BCUT2D eigenvalue weighted by atomic mass is 16.1. The van der Waals surface area contributed by atoms with Crippen LogP contribution in [-0.4, -0.2) is 48.0 Å². The molecule has 1 fully saturated rings. The molecule has 4 heteroatoms. The Kier molecular flexibility index (Phi) is 6.24. The number of piperazine rings is 1. The van der Waals surface area contributed by atoms with Crippen LogP contribution in [-0.2, 0) is 17.8 Å². The van der Waals surface area contributed by atoms with Gasteiger partial charge in [0.2, 0.25) is 0 Å². The molecule has 3 aromatic rings. The van der Waals surface area contributed by atoms with E-state index in [-0.39, 0.29) is 5.78 Å². The standard InChI is InChI=1S/C26H33N3O/c1-4-23(30)19-29-18-22(24-9-5-6-10-26(24)29)12-13-27-14-16-28(17-15-27)25-11-7-8-20(2)21(25)3/h5-11,18H,4,12-17,19H2,1-3H3. The summed E-state index contributed by atoms with van der Waals surface area (Å²) in [5, 5.41) is 1.29. The summed E-state index contributed by atoms with van der Waals surface area (Å²) in [4.78, 5) is 17.1. The second-order valence-electron chi connectivity index (χ2n) is 8.49. The molecule has 1 aliphatic heterocycles. The van der Waals surface area contributed by atoms with Crippen LogP contribution in [0.1, 0.15) is 30.0 Å². The number of nitrogens with zero attached hydrogens (tertiary/aromatic N) is 3. The van der Waals surface area contributed by atoms with Crippen LogP contribution in [0.3, 0.4) is 0 Å². The highest BCUT2D eigenvalue weighted by molar-refractivity contribution is 5.86. The minimum Gasteiger partial charge on any atom is -0.369 e. The van der Waals surface area contributed by atoms with Gasteiger partial charge in [0.15, 0.2) is 5.78 Å². The van der Waals surface area contributed by atoms with E-state index in [0.29, 0.717) is 13.0 Å². The maximum atomic E-state index is 12.0. The third-order valence-corrected chi connectivity index (χ3v) is 6.60. The van der Waals surface area contributed by atoms with Crippen LogP contribution in [0.15, 0.2) is 48.7 Å². The SMILES string of the molecule is CCC(=O)Cn1cc(CCN2CCN(c3cccc(C)c3C)CC2)c2ccccc21. The number of Topliss-reactive ketones (excluding diaryl/α,β-unsaturated/α-hetero) is 1. The fourth-order valence-electron chi connectivity index (χ4n) is 4.52. The van der Waals surface area contributed by atoms with Crippen LogP contribution in [0.4, 0.5) is 5.69 Å². The molecule has 0 atom stereocenters. The number of carbonyl (C=O) groups is 1. The minimum atomic E-state index is 0.282. The number of fused-ring (bicyclic) bond motifs is 1. The van der Waals surface area contributed by atoms with Gasteiger partial charge in [0.1, 0.15) is 0 Å². The molecular weight excluding hydrogens is 370 g/mol. The molecular formula is C26H33N3O. The van der Waals surface area contributed by atoms with E-state index >= 15 is 0 Å². The second kappa shape index (κ2) is 9.05. The van der Waals surface area contributed by atoms with Crippen molar-refractivity contribution in [1.29, 1.82) is 0 Å². The van der Waals surface area contributed by atoms with Gasteiger partial charge in [-0.25, -0.2) is 0 Å². The van der Waals surface area contributed by atoms with Crippen molar-refractivity contribution in [2.75, 3.05) is 37.6 Å². The molecule has 30 heavy (non-hydrogen) atoms. The first-order valence-corrected chi connectivity index (χ1v) is 11.2. The van der Waals surface area contributed by atoms with Crippen molar-refractivity contribution < 1.29 is 4.79 Å². The summed E-state index contributed by atoms with van der Waals surface area (Å²) in [6.07, 6.45) is 3.81. The van der Waals surface area contributed by atoms with Gasteiger partial charge in [0.25, 0.3) is 0 Å². The molecule has 0 N–H and O–H groups in total. The normalized spacial score (nSPS) is 15.1. The topological polar surface area (TPSA) is 28.5 Å². The zero-order valence-electron chi connectivity index (χ0n) is 18.5. The maximum Gasteiger partial charge on any atom is 0.152 e. The average molecular weight is 404 g/mol. The number of carbonyl (C=O) groups excluding carboxylic acids is 1. The molecule has 0 saturated carbocycles. The highest BCUT2D eigenvalue weighted by Gasteiger charge is 2.19. The minimum absolute atomic E-state index is 0.282. The summed E-state index contributed by atoms with van der Waals surface area (Å²) in [5.74, 6) is 0.282. The molecule has 4 nitrogen and oxygen atoms in total. The van der Waals surface area contributed by atoms with E-state index < -0.39 is 0 Å². The Morgan fingerprint density at radius 3 is 2.50 bits per heavy atom.